The molecule has 0 bridgehead atoms. The molecule has 0 radical (unpaired) electrons. The number of nitrogens with zero attached hydrogens (tertiary/aromatic N) is 2. The molecule has 0 N–H and O–H groups in total. The molecule has 122 valence electrons. The Morgan fingerprint density at radius 3 is 2.35 bits per heavy atom. The predicted octanol–water partition coefficient (Wildman–Crippen LogP) is 3.05. The van der Waals surface area contributed by atoms with Crippen LogP contribution in [-0.4, -0.2) is 27.6 Å². The molecule has 1 aliphatic heterocycles. The summed E-state index contributed by atoms with van der Waals surface area (Å²) in [6, 6.07) is 9.69. The summed E-state index contributed by atoms with van der Waals surface area (Å²) in [6.07, 6.45) is 3.05. The lowest BCUT2D eigenvalue weighted by molar-refractivity contribution is 0.0509. The van der Waals surface area contributed by atoms with E-state index >= 15 is 0 Å². The number of likely N-dealkylation sites (tertiary alicyclic amines) is 1. The van der Waals surface area contributed by atoms with Crippen molar-refractivity contribution in [3.05, 3.63) is 46.3 Å². The quantitative estimate of drug-likeness (QED) is 0.856. The van der Waals surface area contributed by atoms with Crippen LogP contribution in [0.1, 0.15) is 43.5 Å². The van der Waals surface area contributed by atoms with Gasteiger partial charge in [-0.15, -0.1) is 0 Å². The van der Waals surface area contributed by atoms with Crippen molar-refractivity contribution >= 4 is 5.91 Å². The van der Waals surface area contributed by atoms with Gasteiger partial charge in [0.2, 0.25) is 0 Å². The van der Waals surface area contributed by atoms with Gasteiger partial charge in [-0.25, -0.2) is 9.53 Å². The number of rotatable bonds is 2. The van der Waals surface area contributed by atoms with Crippen LogP contribution in [0.15, 0.2) is 39.6 Å². The van der Waals surface area contributed by atoms with Gasteiger partial charge in [-0.2, -0.15) is 0 Å². The summed E-state index contributed by atoms with van der Waals surface area (Å²) in [5.41, 5.74) is 0.924. The molecule has 2 heterocycles. The fourth-order valence-electron chi connectivity index (χ4n) is 3.53. The van der Waals surface area contributed by atoms with E-state index in [9.17, 15) is 9.59 Å². The molecule has 0 spiro atoms. The van der Waals surface area contributed by atoms with Gasteiger partial charge < -0.3 is 9.42 Å². The second-order valence-electron chi connectivity index (χ2n) is 6.31. The third-order valence-corrected chi connectivity index (χ3v) is 4.66. The van der Waals surface area contributed by atoms with Gasteiger partial charge in [-0.3, -0.25) is 4.79 Å². The Hall–Kier alpha value is -2.30. The lowest BCUT2D eigenvalue weighted by Crippen LogP contribution is -2.48. The van der Waals surface area contributed by atoms with Crippen molar-refractivity contribution in [3.8, 4) is 11.3 Å². The van der Waals surface area contributed by atoms with Crippen molar-refractivity contribution in [2.24, 2.45) is 7.05 Å². The van der Waals surface area contributed by atoms with Gasteiger partial charge in [0.15, 0.2) is 5.56 Å². The molecule has 2 atom stereocenters. The third-order valence-electron chi connectivity index (χ3n) is 4.66. The number of aromatic nitrogens is 1. The molecule has 2 aromatic rings. The highest BCUT2D eigenvalue weighted by molar-refractivity contribution is 6.00. The minimum atomic E-state index is -0.568. The number of hydrogen-bond donors (Lipinski definition) is 0. The summed E-state index contributed by atoms with van der Waals surface area (Å²) in [5.74, 6) is -0.224. The summed E-state index contributed by atoms with van der Waals surface area (Å²) in [5, 5.41) is 0. The van der Waals surface area contributed by atoms with Gasteiger partial charge in [0.25, 0.3) is 5.91 Å². The summed E-state index contributed by atoms with van der Waals surface area (Å²) < 4.78 is 6.59. The van der Waals surface area contributed by atoms with Gasteiger partial charge in [-0.05, 0) is 33.1 Å². The summed E-state index contributed by atoms with van der Waals surface area (Å²) >= 11 is 0. The van der Waals surface area contributed by atoms with E-state index < -0.39 is 5.63 Å². The van der Waals surface area contributed by atoms with Gasteiger partial charge in [-0.1, -0.05) is 30.3 Å². The molecule has 1 aliphatic rings. The van der Waals surface area contributed by atoms with Crippen LogP contribution in [0.2, 0.25) is 0 Å². The van der Waals surface area contributed by atoms with Crippen LogP contribution in [0, 0.1) is 0 Å². The first-order valence-corrected chi connectivity index (χ1v) is 8.09. The number of benzene rings is 1. The molecule has 1 aromatic heterocycles. The van der Waals surface area contributed by atoms with Crippen molar-refractivity contribution in [1.82, 2.24) is 9.64 Å². The number of hydrogen-bond acceptors (Lipinski definition) is 3. The van der Waals surface area contributed by atoms with Crippen LogP contribution in [0.25, 0.3) is 11.3 Å². The number of aryl methyl sites for hydroxylation is 1. The Labute approximate surface area is 135 Å². The molecule has 5 nitrogen and oxygen atoms in total. The zero-order chi connectivity index (χ0) is 16.6. The normalized spacial score (nSPS) is 21.4. The maximum atomic E-state index is 13.1. The van der Waals surface area contributed by atoms with Crippen molar-refractivity contribution < 1.29 is 9.32 Å². The average molecular weight is 314 g/mol. The monoisotopic (exact) mass is 314 g/mol. The molecule has 2 unspecified atom stereocenters. The first kappa shape index (κ1) is 15.6. The van der Waals surface area contributed by atoms with Crippen LogP contribution in [0.3, 0.4) is 0 Å². The third kappa shape index (κ3) is 2.71. The Morgan fingerprint density at radius 2 is 1.74 bits per heavy atom. The van der Waals surface area contributed by atoms with E-state index in [0.717, 1.165) is 24.8 Å². The van der Waals surface area contributed by atoms with Crippen LogP contribution >= 0.6 is 0 Å². The fourth-order valence-corrected chi connectivity index (χ4v) is 3.53. The van der Waals surface area contributed by atoms with E-state index in [4.69, 9.17) is 4.52 Å². The van der Waals surface area contributed by atoms with Crippen LogP contribution in [-0.2, 0) is 7.05 Å². The Morgan fingerprint density at radius 1 is 1.13 bits per heavy atom. The number of carbonyl (C=O) groups is 1. The maximum absolute atomic E-state index is 13.1. The molecule has 1 saturated heterocycles. The first-order valence-electron chi connectivity index (χ1n) is 8.09. The Balaban J connectivity index is 2.10. The fraction of sp³-hybridized carbons (Fsp3) is 0.444. The zero-order valence-corrected chi connectivity index (χ0v) is 13.8. The SMILES string of the molecule is CC1CCCC(C)N1C(=O)c1c(-c2ccccc2)n(C)oc1=O. The van der Waals surface area contributed by atoms with Crippen LogP contribution in [0.5, 0.6) is 0 Å². The van der Waals surface area contributed by atoms with Crippen molar-refractivity contribution in [1.29, 1.82) is 0 Å². The summed E-state index contributed by atoms with van der Waals surface area (Å²) in [7, 11) is 1.66. The molecule has 1 amide bonds. The number of amides is 1. The van der Waals surface area contributed by atoms with Crippen molar-refractivity contribution in [2.75, 3.05) is 0 Å². The van der Waals surface area contributed by atoms with E-state index in [1.165, 1.54) is 4.74 Å². The van der Waals surface area contributed by atoms with Gasteiger partial charge >= 0.3 is 5.63 Å². The number of piperidine rings is 1. The van der Waals surface area contributed by atoms with Gasteiger partial charge in [0, 0.05) is 24.7 Å². The summed E-state index contributed by atoms with van der Waals surface area (Å²) in [6.45, 7) is 4.08. The second-order valence-corrected chi connectivity index (χ2v) is 6.31. The number of carbonyl (C=O) groups excluding carboxylic acids is 1. The lowest BCUT2D eigenvalue weighted by atomic mass is 9.96. The smallest absolute Gasteiger partial charge is 0.335 e. The maximum Gasteiger partial charge on any atom is 0.370 e. The minimum Gasteiger partial charge on any atom is -0.335 e. The van der Waals surface area contributed by atoms with Crippen molar-refractivity contribution in [2.45, 2.75) is 45.2 Å². The lowest BCUT2D eigenvalue weighted by Gasteiger charge is -2.38. The van der Waals surface area contributed by atoms with E-state index in [1.54, 1.807) is 7.05 Å². The molecule has 0 saturated carbocycles. The molecular weight excluding hydrogens is 292 g/mol. The standard InChI is InChI=1S/C18H22N2O3/c1-12-8-7-9-13(2)20(12)17(21)15-16(19(3)23-18(15)22)14-10-5-4-6-11-14/h4-6,10-13H,7-9H2,1-3H3. The first-order chi connectivity index (χ1) is 11.0. The van der Waals surface area contributed by atoms with E-state index in [2.05, 4.69) is 0 Å². The molecule has 3 rings (SSSR count). The highest BCUT2D eigenvalue weighted by atomic mass is 16.5. The van der Waals surface area contributed by atoms with Gasteiger partial charge in [0.1, 0.15) is 5.69 Å². The molecular formula is C18H22N2O3. The Bertz CT molecular complexity index is 750. The molecule has 0 aliphatic carbocycles. The highest BCUT2D eigenvalue weighted by Gasteiger charge is 2.34. The van der Waals surface area contributed by atoms with Gasteiger partial charge in [0.05, 0.1) is 0 Å². The molecule has 5 heteroatoms. The molecule has 23 heavy (non-hydrogen) atoms. The topological polar surface area (TPSA) is 55.5 Å². The van der Waals surface area contributed by atoms with Crippen LogP contribution in [0.4, 0.5) is 0 Å². The van der Waals surface area contributed by atoms with E-state index in [0.29, 0.717) is 5.69 Å². The van der Waals surface area contributed by atoms with E-state index in [1.807, 2.05) is 49.1 Å². The molecule has 1 fully saturated rings. The average Bonchev–Trinajstić information content (AvgIpc) is 2.82. The summed E-state index contributed by atoms with van der Waals surface area (Å²) in [4.78, 5) is 27.2. The molecule has 1 aromatic carbocycles. The zero-order valence-electron chi connectivity index (χ0n) is 13.8. The Kier molecular flexibility index (Phi) is 4.11. The van der Waals surface area contributed by atoms with Crippen molar-refractivity contribution in [3.63, 3.8) is 0 Å². The second kappa shape index (κ2) is 6.07. The highest BCUT2D eigenvalue weighted by Crippen LogP contribution is 2.28. The largest absolute Gasteiger partial charge is 0.370 e. The van der Waals surface area contributed by atoms with E-state index in [-0.39, 0.29) is 23.6 Å². The minimum absolute atomic E-state index is 0.134. The predicted molar refractivity (Wildman–Crippen MR) is 88.3 cm³/mol. The van der Waals surface area contributed by atoms with Crippen LogP contribution < -0.4 is 5.63 Å².